The van der Waals surface area contributed by atoms with Gasteiger partial charge in [-0.3, -0.25) is 0 Å². The third-order valence-corrected chi connectivity index (χ3v) is 4.15. The van der Waals surface area contributed by atoms with Gasteiger partial charge >= 0.3 is 0 Å². The summed E-state index contributed by atoms with van der Waals surface area (Å²) in [5, 5.41) is 17.8. The van der Waals surface area contributed by atoms with Crippen LogP contribution in [0.15, 0.2) is 0 Å². The number of hydrogen-bond donors (Lipinski definition) is 1. The van der Waals surface area contributed by atoms with E-state index in [1.807, 2.05) is 0 Å². The maximum atomic E-state index is 9.32. The molecule has 0 aromatic carbocycles. The zero-order chi connectivity index (χ0) is 12.0. The van der Waals surface area contributed by atoms with Crippen LogP contribution in [0.5, 0.6) is 0 Å². The minimum atomic E-state index is -0.000697. The molecule has 17 heavy (non-hydrogen) atoms. The maximum Gasteiger partial charge on any atom is 0.158 e. The molecule has 0 saturated heterocycles. The molecule has 1 aromatic heterocycles. The standard InChI is InChI=1S/C13H21N3O/c1-8(2)6-16-12(7-17)14-15-13(16)11-4-9-3-10(9)5-11/h8-11,17H,3-7H2,1-2H3. The Bertz CT molecular complexity index is 403. The highest BCUT2D eigenvalue weighted by atomic mass is 16.3. The molecular weight excluding hydrogens is 214 g/mol. The summed E-state index contributed by atoms with van der Waals surface area (Å²) in [5.41, 5.74) is 0. The summed E-state index contributed by atoms with van der Waals surface area (Å²) in [4.78, 5) is 0. The summed E-state index contributed by atoms with van der Waals surface area (Å²) in [6, 6.07) is 0. The maximum absolute atomic E-state index is 9.32. The van der Waals surface area contributed by atoms with Crippen LogP contribution in [0.4, 0.5) is 0 Å². The van der Waals surface area contributed by atoms with Crippen molar-refractivity contribution >= 4 is 0 Å². The smallest absolute Gasteiger partial charge is 0.158 e. The van der Waals surface area contributed by atoms with Gasteiger partial charge in [-0.2, -0.15) is 0 Å². The van der Waals surface area contributed by atoms with E-state index in [2.05, 4.69) is 28.6 Å². The molecule has 4 heteroatoms. The highest BCUT2D eigenvalue weighted by Crippen LogP contribution is 2.57. The number of aliphatic hydroxyl groups is 1. The van der Waals surface area contributed by atoms with Crippen LogP contribution in [-0.2, 0) is 13.2 Å². The molecule has 3 rings (SSSR count). The van der Waals surface area contributed by atoms with Gasteiger partial charge in [-0.15, -0.1) is 10.2 Å². The van der Waals surface area contributed by atoms with E-state index in [-0.39, 0.29) is 6.61 Å². The van der Waals surface area contributed by atoms with E-state index in [4.69, 9.17) is 0 Å². The zero-order valence-corrected chi connectivity index (χ0v) is 10.6. The van der Waals surface area contributed by atoms with Crippen LogP contribution in [-0.4, -0.2) is 19.9 Å². The molecular formula is C13H21N3O. The number of aliphatic hydroxyl groups excluding tert-OH is 1. The molecule has 0 amide bonds. The van der Waals surface area contributed by atoms with Gasteiger partial charge in [0.2, 0.25) is 0 Å². The lowest BCUT2D eigenvalue weighted by molar-refractivity contribution is 0.261. The van der Waals surface area contributed by atoms with Crippen LogP contribution < -0.4 is 0 Å². The van der Waals surface area contributed by atoms with E-state index in [1.165, 1.54) is 19.3 Å². The van der Waals surface area contributed by atoms with E-state index >= 15 is 0 Å². The van der Waals surface area contributed by atoms with Gasteiger partial charge in [0.15, 0.2) is 5.82 Å². The Morgan fingerprint density at radius 1 is 1.24 bits per heavy atom. The van der Waals surface area contributed by atoms with E-state index in [1.54, 1.807) is 0 Å². The van der Waals surface area contributed by atoms with Crippen molar-refractivity contribution < 1.29 is 5.11 Å². The fourth-order valence-corrected chi connectivity index (χ4v) is 3.26. The average Bonchev–Trinajstić information content (AvgIpc) is 2.74. The molecule has 2 aliphatic carbocycles. The van der Waals surface area contributed by atoms with Gasteiger partial charge in [-0.25, -0.2) is 0 Å². The highest BCUT2D eigenvalue weighted by Gasteiger charge is 2.47. The summed E-state index contributed by atoms with van der Waals surface area (Å²) in [5.74, 6) is 4.92. The summed E-state index contributed by atoms with van der Waals surface area (Å²) in [7, 11) is 0. The number of aromatic nitrogens is 3. The van der Waals surface area contributed by atoms with Gasteiger partial charge in [-0.1, -0.05) is 13.8 Å². The number of fused-ring (bicyclic) bond motifs is 1. The third-order valence-electron chi connectivity index (χ3n) is 4.15. The molecule has 1 aromatic rings. The number of hydrogen-bond acceptors (Lipinski definition) is 3. The Balaban J connectivity index is 1.84. The number of nitrogens with zero attached hydrogens (tertiary/aromatic N) is 3. The zero-order valence-electron chi connectivity index (χ0n) is 10.6. The molecule has 0 aliphatic heterocycles. The molecule has 1 heterocycles. The molecule has 0 radical (unpaired) electrons. The molecule has 4 nitrogen and oxygen atoms in total. The van der Waals surface area contributed by atoms with E-state index in [0.29, 0.717) is 11.8 Å². The van der Waals surface area contributed by atoms with Gasteiger partial charge < -0.3 is 9.67 Å². The molecule has 1 N–H and O–H groups in total. The van der Waals surface area contributed by atoms with Crippen LogP contribution in [0, 0.1) is 17.8 Å². The van der Waals surface area contributed by atoms with E-state index in [9.17, 15) is 5.11 Å². The van der Waals surface area contributed by atoms with Gasteiger partial charge in [0.25, 0.3) is 0 Å². The second-order valence-electron chi connectivity index (χ2n) is 6.06. The molecule has 2 aliphatic rings. The highest BCUT2D eigenvalue weighted by molar-refractivity contribution is 5.10. The molecule has 2 saturated carbocycles. The third kappa shape index (κ3) is 1.99. The van der Waals surface area contributed by atoms with Crippen LogP contribution in [0.3, 0.4) is 0 Å². The van der Waals surface area contributed by atoms with Crippen molar-refractivity contribution in [2.75, 3.05) is 0 Å². The molecule has 94 valence electrons. The van der Waals surface area contributed by atoms with Crippen molar-refractivity contribution in [3.63, 3.8) is 0 Å². The topological polar surface area (TPSA) is 50.9 Å². The van der Waals surface area contributed by atoms with Crippen molar-refractivity contribution in [1.82, 2.24) is 14.8 Å². The van der Waals surface area contributed by atoms with Crippen LogP contribution in [0.25, 0.3) is 0 Å². The second-order valence-corrected chi connectivity index (χ2v) is 6.06. The van der Waals surface area contributed by atoms with Crippen LogP contribution in [0.1, 0.15) is 50.7 Å². The lowest BCUT2D eigenvalue weighted by Crippen LogP contribution is -2.14. The summed E-state index contributed by atoms with van der Waals surface area (Å²) in [6.45, 7) is 5.30. The van der Waals surface area contributed by atoms with Gasteiger partial charge in [0.1, 0.15) is 12.4 Å². The SMILES string of the molecule is CC(C)Cn1c(CO)nnc1C1CC2CC2C1. The lowest BCUT2D eigenvalue weighted by Gasteiger charge is -2.16. The van der Waals surface area contributed by atoms with Gasteiger partial charge in [0, 0.05) is 12.5 Å². The Labute approximate surface area is 102 Å². The lowest BCUT2D eigenvalue weighted by atomic mass is 10.0. The van der Waals surface area contributed by atoms with E-state index < -0.39 is 0 Å². The minimum absolute atomic E-state index is 0.000697. The van der Waals surface area contributed by atoms with Gasteiger partial charge in [0.05, 0.1) is 0 Å². The molecule has 0 spiro atoms. The quantitative estimate of drug-likeness (QED) is 0.867. The van der Waals surface area contributed by atoms with Crippen molar-refractivity contribution in [3.05, 3.63) is 11.6 Å². The fraction of sp³-hybridized carbons (Fsp3) is 0.846. The Hall–Kier alpha value is -0.900. The molecule has 2 unspecified atom stereocenters. The predicted octanol–water partition coefficient (Wildman–Crippen LogP) is 1.94. The van der Waals surface area contributed by atoms with Crippen molar-refractivity contribution in [1.29, 1.82) is 0 Å². The first kappa shape index (κ1) is 11.2. The second kappa shape index (κ2) is 4.09. The van der Waals surface area contributed by atoms with E-state index in [0.717, 1.165) is 30.0 Å². The Morgan fingerprint density at radius 3 is 2.53 bits per heavy atom. The van der Waals surface area contributed by atoms with Crippen LogP contribution in [0.2, 0.25) is 0 Å². The monoisotopic (exact) mass is 235 g/mol. The fourth-order valence-electron chi connectivity index (χ4n) is 3.26. The summed E-state index contributed by atoms with van der Waals surface area (Å²) < 4.78 is 2.15. The van der Waals surface area contributed by atoms with Gasteiger partial charge in [-0.05, 0) is 37.0 Å². The van der Waals surface area contributed by atoms with Crippen molar-refractivity contribution in [3.8, 4) is 0 Å². The first-order valence-electron chi connectivity index (χ1n) is 6.71. The summed E-state index contributed by atoms with van der Waals surface area (Å²) >= 11 is 0. The number of rotatable bonds is 4. The van der Waals surface area contributed by atoms with Crippen LogP contribution >= 0.6 is 0 Å². The largest absolute Gasteiger partial charge is 0.388 e. The van der Waals surface area contributed by atoms with Crippen molar-refractivity contribution in [2.45, 2.75) is 52.2 Å². The normalized spacial score (nSPS) is 30.9. The Morgan fingerprint density at radius 2 is 1.94 bits per heavy atom. The van der Waals surface area contributed by atoms with Crippen molar-refractivity contribution in [2.24, 2.45) is 17.8 Å². The molecule has 2 atom stereocenters. The Kier molecular flexibility index (Phi) is 2.69. The first-order chi connectivity index (χ1) is 8.19. The average molecular weight is 235 g/mol. The first-order valence-corrected chi connectivity index (χ1v) is 6.71. The molecule has 0 bridgehead atoms. The molecule has 2 fully saturated rings. The predicted molar refractivity (Wildman–Crippen MR) is 64.4 cm³/mol. The summed E-state index contributed by atoms with van der Waals surface area (Å²) in [6.07, 6.45) is 4.00. The minimum Gasteiger partial charge on any atom is -0.388 e.